The van der Waals surface area contributed by atoms with Gasteiger partial charge in [-0.25, -0.2) is 0 Å². The lowest BCUT2D eigenvalue weighted by Crippen LogP contribution is -2.53. The summed E-state index contributed by atoms with van der Waals surface area (Å²) in [5.41, 5.74) is 1.50. The molecule has 0 radical (unpaired) electrons. The first-order chi connectivity index (χ1) is 11.0. The van der Waals surface area contributed by atoms with Crippen molar-refractivity contribution in [2.45, 2.75) is 45.3 Å². The van der Waals surface area contributed by atoms with Crippen LogP contribution in [0.3, 0.4) is 0 Å². The number of aliphatic carboxylic acids is 1. The Kier molecular flexibility index (Phi) is 6.16. The van der Waals surface area contributed by atoms with Crippen LogP contribution in [0.1, 0.15) is 37.3 Å². The molecule has 2 atom stereocenters. The summed E-state index contributed by atoms with van der Waals surface area (Å²) in [4.78, 5) is 13.0. The van der Waals surface area contributed by atoms with Gasteiger partial charge in [0.25, 0.3) is 0 Å². The van der Waals surface area contributed by atoms with E-state index in [4.69, 9.17) is 5.11 Å². The monoisotopic (exact) mass is 321 g/mol. The van der Waals surface area contributed by atoms with Crippen molar-refractivity contribution >= 4 is 5.97 Å². The maximum Gasteiger partial charge on any atom is 0.307 e. The summed E-state index contributed by atoms with van der Waals surface area (Å²) in [6, 6.07) is 7.63. The molecule has 5 heteroatoms. The van der Waals surface area contributed by atoms with E-state index in [0.717, 1.165) is 37.1 Å². The van der Waals surface area contributed by atoms with Crippen LogP contribution in [0.2, 0.25) is 0 Å². The number of likely N-dealkylation sites (tertiary alicyclic amines) is 1. The molecule has 1 saturated heterocycles. The van der Waals surface area contributed by atoms with E-state index in [9.17, 15) is 15.0 Å². The van der Waals surface area contributed by atoms with Gasteiger partial charge < -0.3 is 15.3 Å². The van der Waals surface area contributed by atoms with Gasteiger partial charge in [0.15, 0.2) is 0 Å². The third-order valence-corrected chi connectivity index (χ3v) is 4.81. The Hall–Kier alpha value is -1.43. The highest BCUT2D eigenvalue weighted by Gasteiger charge is 2.41. The van der Waals surface area contributed by atoms with E-state index >= 15 is 0 Å². The molecule has 1 aliphatic heterocycles. The molecule has 5 nitrogen and oxygen atoms in total. The summed E-state index contributed by atoms with van der Waals surface area (Å²) in [6.07, 6.45) is 2.04. The van der Waals surface area contributed by atoms with Gasteiger partial charge in [-0.3, -0.25) is 9.69 Å². The van der Waals surface area contributed by atoms with Crippen LogP contribution in [0.25, 0.3) is 0 Å². The number of nitrogens with zero attached hydrogens (tertiary/aromatic N) is 1. The highest BCUT2D eigenvalue weighted by Crippen LogP contribution is 2.35. The molecule has 0 aliphatic carbocycles. The number of benzene rings is 1. The fraction of sp³-hybridized carbons (Fsp3) is 0.611. The largest absolute Gasteiger partial charge is 0.481 e. The molecule has 23 heavy (non-hydrogen) atoms. The molecule has 1 fully saturated rings. The second-order valence-electron chi connectivity index (χ2n) is 6.67. The molecule has 3 N–H and O–H groups in total. The van der Waals surface area contributed by atoms with Crippen LogP contribution in [-0.2, 0) is 17.8 Å². The van der Waals surface area contributed by atoms with Crippen molar-refractivity contribution in [3.63, 3.8) is 0 Å². The van der Waals surface area contributed by atoms with Gasteiger partial charge in [0.2, 0.25) is 0 Å². The second kappa shape index (κ2) is 7.90. The molecule has 1 aromatic rings. The molecule has 128 valence electrons. The van der Waals surface area contributed by atoms with E-state index in [2.05, 4.69) is 11.8 Å². The average Bonchev–Trinajstić information content (AvgIpc) is 2.52. The number of piperidine rings is 1. The highest BCUT2D eigenvalue weighted by molar-refractivity contribution is 5.70. The molecule has 1 heterocycles. The first-order valence-corrected chi connectivity index (χ1v) is 8.30. The number of rotatable bonds is 7. The lowest BCUT2D eigenvalue weighted by Gasteiger charge is -2.45. The van der Waals surface area contributed by atoms with Crippen LogP contribution in [-0.4, -0.2) is 52.0 Å². The number of carboxylic acids is 1. The molecule has 0 unspecified atom stereocenters. The Morgan fingerprint density at radius 1 is 1.30 bits per heavy atom. The number of carboxylic acid groups (broad SMARTS) is 1. The maximum absolute atomic E-state index is 10.7. The van der Waals surface area contributed by atoms with Gasteiger partial charge in [0, 0.05) is 25.0 Å². The van der Waals surface area contributed by atoms with E-state index in [-0.39, 0.29) is 13.0 Å². The smallest absolute Gasteiger partial charge is 0.307 e. The minimum Gasteiger partial charge on any atom is -0.481 e. The fourth-order valence-electron chi connectivity index (χ4n) is 3.55. The Bertz CT molecular complexity index is 516. The summed E-state index contributed by atoms with van der Waals surface area (Å²) in [5, 5.41) is 28.9. The Morgan fingerprint density at radius 3 is 2.52 bits per heavy atom. The fourth-order valence-corrected chi connectivity index (χ4v) is 3.55. The number of hydrogen-bond acceptors (Lipinski definition) is 4. The van der Waals surface area contributed by atoms with Crippen molar-refractivity contribution in [3.05, 3.63) is 35.4 Å². The quantitative estimate of drug-likeness (QED) is 0.711. The zero-order valence-corrected chi connectivity index (χ0v) is 13.7. The number of aliphatic hydroxyl groups excluding tert-OH is 2. The molecule has 2 rings (SSSR count). The highest BCUT2D eigenvalue weighted by atomic mass is 16.4. The minimum atomic E-state index is -0.824. The van der Waals surface area contributed by atoms with Gasteiger partial charge in [0.05, 0.1) is 19.1 Å². The summed E-state index contributed by atoms with van der Waals surface area (Å²) in [5.74, 6) is -0.824. The maximum atomic E-state index is 10.7. The van der Waals surface area contributed by atoms with Crippen molar-refractivity contribution in [3.8, 4) is 0 Å². The van der Waals surface area contributed by atoms with E-state index in [0.29, 0.717) is 13.0 Å². The lowest BCUT2D eigenvalue weighted by atomic mass is 9.74. The van der Waals surface area contributed by atoms with Gasteiger partial charge in [-0.15, -0.1) is 0 Å². The number of aliphatic hydroxyl groups is 2. The Balaban J connectivity index is 2.01. The van der Waals surface area contributed by atoms with E-state index in [1.54, 1.807) is 0 Å². The summed E-state index contributed by atoms with van der Waals surface area (Å²) in [6.45, 7) is 4.34. The molecule has 0 amide bonds. The zero-order chi connectivity index (χ0) is 16.9. The minimum absolute atomic E-state index is 0.00998. The van der Waals surface area contributed by atoms with Crippen molar-refractivity contribution < 1.29 is 20.1 Å². The predicted octanol–water partition coefficient (Wildman–Crippen LogP) is 1.66. The average molecular weight is 321 g/mol. The van der Waals surface area contributed by atoms with Gasteiger partial charge in [0.1, 0.15) is 0 Å². The van der Waals surface area contributed by atoms with E-state index in [1.807, 2.05) is 24.3 Å². The summed E-state index contributed by atoms with van der Waals surface area (Å²) < 4.78 is 0. The van der Waals surface area contributed by atoms with Gasteiger partial charge in [-0.2, -0.15) is 0 Å². The van der Waals surface area contributed by atoms with Crippen LogP contribution in [0.4, 0.5) is 0 Å². The molecule has 0 aromatic heterocycles. The SMILES string of the molecule is CCC[C@@]1(CO)CN(Cc2ccc(CC(=O)O)cc2)CC[C@@H]1O. The number of hydrogen-bond donors (Lipinski definition) is 3. The topological polar surface area (TPSA) is 81.0 Å². The van der Waals surface area contributed by atoms with Crippen LogP contribution in [0.15, 0.2) is 24.3 Å². The first kappa shape index (κ1) is 17.9. The molecule has 0 spiro atoms. The van der Waals surface area contributed by atoms with Crippen LogP contribution in [0.5, 0.6) is 0 Å². The van der Waals surface area contributed by atoms with Gasteiger partial charge in [-0.05, 0) is 24.0 Å². The standard InChI is InChI=1S/C18H27NO4/c1-2-8-18(13-20)12-19(9-7-16(18)21)11-15-5-3-14(4-6-15)10-17(22)23/h3-6,16,20-21H,2,7-13H2,1H3,(H,22,23)/t16-,18-/m0/s1. The normalized spacial score (nSPS) is 25.4. The van der Waals surface area contributed by atoms with Crippen LogP contribution >= 0.6 is 0 Å². The van der Waals surface area contributed by atoms with Crippen molar-refractivity contribution in [1.82, 2.24) is 4.90 Å². The van der Waals surface area contributed by atoms with Gasteiger partial charge >= 0.3 is 5.97 Å². The molecule has 0 bridgehead atoms. The third kappa shape index (κ3) is 4.53. The first-order valence-electron chi connectivity index (χ1n) is 8.30. The summed E-state index contributed by atoms with van der Waals surface area (Å²) >= 11 is 0. The predicted molar refractivity (Wildman–Crippen MR) is 88.1 cm³/mol. The Morgan fingerprint density at radius 2 is 1.96 bits per heavy atom. The third-order valence-electron chi connectivity index (χ3n) is 4.81. The lowest BCUT2D eigenvalue weighted by molar-refractivity contribution is -0.136. The van der Waals surface area contributed by atoms with Crippen LogP contribution < -0.4 is 0 Å². The van der Waals surface area contributed by atoms with E-state index in [1.165, 1.54) is 0 Å². The molecule has 1 aromatic carbocycles. The molecular weight excluding hydrogens is 294 g/mol. The molecule has 0 saturated carbocycles. The van der Waals surface area contributed by atoms with Crippen molar-refractivity contribution in [2.75, 3.05) is 19.7 Å². The van der Waals surface area contributed by atoms with Crippen molar-refractivity contribution in [2.24, 2.45) is 5.41 Å². The zero-order valence-electron chi connectivity index (χ0n) is 13.7. The number of carbonyl (C=O) groups is 1. The molecular formula is C18H27NO4. The van der Waals surface area contributed by atoms with Crippen molar-refractivity contribution in [1.29, 1.82) is 0 Å². The van der Waals surface area contributed by atoms with Crippen LogP contribution in [0, 0.1) is 5.41 Å². The second-order valence-corrected chi connectivity index (χ2v) is 6.67. The molecule has 1 aliphatic rings. The summed E-state index contributed by atoms with van der Waals surface area (Å²) in [7, 11) is 0. The van der Waals surface area contributed by atoms with E-state index < -0.39 is 17.5 Å². The Labute approximate surface area is 137 Å². The van der Waals surface area contributed by atoms with Gasteiger partial charge in [-0.1, -0.05) is 37.6 Å².